The Balaban J connectivity index is 1.20. The first kappa shape index (κ1) is 25.9. The fraction of sp³-hybridized carbons (Fsp3) is 0.0698. The van der Waals surface area contributed by atoms with Gasteiger partial charge < -0.3 is 0 Å². The van der Waals surface area contributed by atoms with Crippen molar-refractivity contribution in [3.05, 3.63) is 157 Å². The summed E-state index contributed by atoms with van der Waals surface area (Å²) >= 11 is 0. The van der Waals surface area contributed by atoms with Crippen LogP contribution in [-0.4, -0.2) is 9.97 Å². The van der Waals surface area contributed by atoms with E-state index < -0.39 is 0 Å². The summed E-state index contributed by atoms with van der Waals surface area (Å²) < 4.78 is 0. The lowest BCUT2D eigenvalue weighted by Crippen LogP contribution is -2.14. The molecule has 2 nitrogen and oxygen atoms in total. The molecule has 0 aliphatic heterocycles. The van der Waals surface area contributed by atoms with Gasteiger partial charge in [-0.1, -0.05) is 141 Å². The highest BCUT2D eigenvalue weighted by atomic mass is 14.8. The third-order valence-corrected chi connectivity index (χ3v) is 9.68. The zero-order valence-corrected chi connectivity index (χ0v) is 25.3. The largest absolute Gasteiger partial charge is 0.245 e. The van der Waals surface area contributed by atoms with Gasteiger partial charge in [-0.25, -0.2) is 9.97 Å². The van der Waals surface area contributed by atoms with E-state index in [0.29, 0.717) is 0 Å². The monoisotopic (exact) mass is 574 g/mol. The number of hydrogen-bond donors (Lipinski definition) is 0. The van der Waals surface area contributed by atoms with Gasteiger partial charge in [0.25, 0.3) is 0 Å². The summed E-state index contributed by atoms with van der Waals surface area (Å²) in [6.07, 6.45) is 0. The highest BCUT2D eigenvalue weighted by Gasteiger charge is 2.35. The SMILES string of the molecule is CC1(C)c2ccccc2-c2ccc(-c3ccc(-c4ccc5ccc6ccc(-c7ccccc7)nc6c5n4)c4ccccc34)cc21. The first-order valence-electron chi connectivity index (χ1n) is 15.6. The van der Waals surface area contributed by atoms with Crippen LogP contribution < -0.4 is 0 Å². The first-order valence-corrected chi connectivity index (χ1v) is 15.6. The average Bonchev–Trinajstić information content (AvgIpc) is 3.33. The van der Waals surface area contributed by atoms with Gasteiger partial charge in [-0.2, -0.15) is 0 Å². The zero-order chi connectivity index (χ0) is 30.1. The fourth-order valence-electron chi connectivity index (χ4n) is 7.33. The lowest BCUT2D eigenvalue weighted by atomic mass is 9.81. The van der Waals surface area contributed by atoms with E-state index in [1.165, 1.54) is 44.2 Å². The number of aromatic nitrogens is 2. The summed E-state index contributed by atoms with van der Waals surface area (Å²) in [4.78, 5) is 10.4. The third kappa shape index (κ3) is 3.96. The molecule has 45 heavy (non-hydrogen) atoms. The minimum atomic E-state index is -0.0378. The highest BCUT2D eigenvalue weighted by Crippen LogP contribution is 2.50. The van der Waals surface area contributed by atoms with Crippen molar-refractivity contribution in [2.45, 2.75) is 19.3 Å². The van der Waals surface area contributed by atoms with Crippen molar-refractivity contribution in [3.8, 4) is 44.8 Å². The van der Waals surface area contributed by atoms with Gasteiger partial charge in [0.05, 0.1) is 22.4 Å². The van der Waals surface area contributed by atoms with Crippen molar-refractivity contribution in [3.63, 3.8) is 0 Å². The Morgan fingerprint density at radius 2 is 0.956 bits per heavy atom. The second-order valence-electron chi connectivity index (χ2n) is 12.6. The van der Waals surface area contributed by atoms with Gasteiger partial charge in [0.1, 0.15) is 0 Å². The molecule has 2 heteroatoms. The van der Waals surface area contributed by atoms with E-state index in [-0.39, 0.29) is 5.41 Å². The average molecular weight is 575 g/mol. The lowest BCUT2D eigenvalue weighted by Gasteiger charge is -2.22. The summed E-state index contributed by atoms with van der Waals surface area (Å²) in [7, 11) is 0. The molecule has 0 spiro atoms. The minimum absolute atomic E-state index is 0.0378. The van der Waals surface area contributed by atoms with Crippen molar-refractivity contribution in [2.75, 3.05) is 0 Å². The van der Waals surface area contributed by atoms with Crippen molar-refractivity contribution < 1.29 is 0 Å². The molecule has 9 rings (SSSR count). The number of rotatable bonds is 3. The third-order valence-electron chi connectivity index (χ3n) is 9.68. The van der Waals surface area contributed by atoms with Crippen molar-refractivity contribution in [1.82, 2.24) is 9.97 Å². The van der Waals surface area contributed by atoms with E-state index in [2.05, 4.69) is 153 Å². The minimum Gasteiger partial charge on any atom is -0.245 e. The molecular formula is C43H30N2. The molecule has 8 aromatic rings. The smallest absolute Gasteiger partial charge is 0.0972 e. The molecule has 0 radical (unpaired) electrons. The van der Waals surface area contributed by atoms with E-state index in [1.54, 1.807) is 0 Å². The molecule has 0 unspecified atom stereocenters. The Morgan fingerprint density at radius 1 is 0.400 bits per heavy atom. The molecular weight excluding hydrogens is 544 g/mol. The number of hydrogen-bond acceptors (Lipinski definition) is 2. The Kier molecular flexibility index (Phi) is 5.58. The number of pyridine rings is 2. The number of fused-ring (bicyclic) bond motifs is 7. The molecule has 2 aromatic heterocycles. The van der Waals surface area contributed by atoms with Crippen LogP contribution in [0.2, 0.25) is 0 Å². The van der Waals surface area contributed by atoms with E-state index in [1.807, 2.05) is 6.07 Å². The highest BCUT2D eigenvalue weighted by molar-refractivity contribution is 6.07. The van der Waals surface area contributed by atoms with E-state index in [4.69, 9.17) is 9.97 Å². The van der Waals surface area contributed by atoms with Crippen LogP contribution in [0.25, 0.3) is 77.3 Å². The van der Waals surface area contributed by atoms with Crippen molar-refractivity contribution in [2.24, 2.45) is 0 Å². The maximum Gasteiger partial charge on any atom is 0.0972 e. The summed E-state index contributed by atoms with van der Waals surface area (Å²) in [6.45, 7) is 4.69. The van der Waals surface area contributed by atoms with Gasteiger partial charge in [0.15, 0.2) is 0 Å². The Morgan fingerprint density at radius 3 is 1.73 bits per heavy atom. The first-order chi connectivity index (χ1) is 22.1. The Hall–Kier alpha value is -5.60. The molecule has 0 bridgehead atoms. The molecule has 0 fully saturated rings. The number of benzene rings is 6. The standard InChI is InChI=1S/C43H30N2/c1-43(2)37-15-9-8-14-34(37)35-21-18-30(26-38(35)43)31-22-23-36(33-13-7-6-12-32(31)33)40-25-20-29-17-16-28-19-24-39(27-10-4-3-5-11-27)44-41(28)42(29)45-40/h3-26H,1-2H3. The molecule has 1 aliphatic carbocycles. The van der Waals surface area contributed by atoms with E-state index in [0.717, 1.165) is 44.3 Å². The second-order valence-corrected chi connectivity index (χ2v) is 12.6. The van der Waals surface area contributed by atoms with Gasteiger partial charge in [-0.05, 0) is 62.4 Å². The van der Waals surface area contributed by atoms with Crippen molar-refractivity contribution >= 4 is 32.6 Å². The molecule has 0 saturated carbocycles. The summed E-state index contributed by atoms with van der Waals surface area (Å²) in [5.74, 6) is 0. The quantitative estimate of drug-likeness (QED) is 0.196. The molecule has 1 aliphatic rings. The van der Waals surface area contributed by atoms with Gasteiger partial charge >= 0.3 is 0 Å². The molecule has 2 heterocycles. The van der Waals surface area contributed by atoms with Gasteiger partial charge in [0.2, 0.25) is 0 Å². The topological polar surface area (TPSA) is 25.8 Å². The van der Waals surface area contributed by atoms with Crippen LogP contribution in [-0.2, 0) is 5.41 Å². The van der Waals surface area contributed by atoms with Crippen LogP contribution >= 0.6 is 0 Å². The van der Waals surface area contributed by atoms with Crippen LogP contribution in [0.15, 0.2) is 146 Å². The molecule has 6 aromatic carbocycles. The molecule has 0 N–H and O–H groups in total. The van der Waals surface area contributed by atoms with Crippen molar-refractivity contribution in [1.29, 1.82) is 0 Å². The molecule has 212 valence electrons. The predicted molar refractivity (Wildman–Crippen MR) is 188 cm³/mol. The maximum atomic E-state index is 5.29. The molecule has 0 atom stereocenters. The molecule has 0 amide bonds. The van der Waals surface area contributed by atoms with Gasteiger partial charge in [-0.3, -0.25) is 0 Å². The molecule has 0 saturated heterocycles. The van der Waals surface area contributed by atoms with E-state index in [9.17, 15) is 0 Å². The van der Waals surface area contributed by atoms with Crippen LogP contribution in [0, 0.1) is 0 Å². The van der Waals surface area contributed by atoms with Crippen LogP contribution in [0.4, 0.5) is 0 Å². The predicted octanol–water partition coefficient (Wildman–Crippen LogP) is 11.2. The summed E-state index contributed by atoms with van der Waals surface area (Å²) in [6, 6.07) is 52.3. The van der Waals surface area contributed by atoms with Gasteiger partial charge in [0, 0.05) is 27.3 Å². The maximum absolute atomic E-state index is 5.29. The van der Waals surface area contributed by atoms with Crippen LogP contribution in [0.5, 0.6) is 0 Å². The normalized spacial score (nSPS) is 13.3. The number of nitrogens with zero attached hydrogens (tertiary/aromatic N) is 2. The summed E-state index contributed by atoms with van der Waals surface area (Å²) in [5, 5.41) is 4.61. The summed E-state index contributed by atoms with van der Waals surface area (Å²) in [5.41, 5.74) is 13.9. The Labute approximate surface area is 262 Å². The van der Waals surface area contributed by atoms with Crippen LogP contribution in [0.3, 0.4) is 0 Å². The van der Waals surface area contributed by atoms with Crippen LogP contribution in [0.1, 0.15) is 25.0 Å². The zero-order valence-electron chi connectivity index (χ0n) is 25.3. The van der Waals surface area contributed by atoms with E-state index >= 15 is 0 Å². The lowest BCUT2D eigenvalue weighted by molar-refractivity contribution is 0.660. The fourth-order valence-corrected chi connectivity index (χ4v) is 7.33. The second kappa shape index (κ2) is 9.70. The van der Waals surface area contributed by atoms with Gasteiger partial charge in [-0.15, -0.1) is 0 Å². The Bertz CT molecular complexity index is 2450.